The fourth-order valence-electron chi connectivity index (χ4n) is 5.35. The molecule has 0 aromatic carbocycles. The van der Waals surface area contributed by atoms with Gasteiger partial charge in [-0.15, -0.1) is 0 Å². The van der Waals surface area contributed by atoms with Gasteiger partial charge in [0.1, 0.15) is 13.2 Å². The van der Waals surface area contributed by atoms with E-state index >= 15 is 0 Å². The van der Waals surface area contributed by atoms with Gasteiger partial charge in [-0.3, -0.25) is 14.4 Å². The summed E-state index contributed by atoms with van der Waals surface area (Å²) in [7, 11) is 0. The topological polar surface area (TPSA) is 78.9 Å². The van der Waals surface area contributed by atoms with Crippen LogP contribution in [0.1, 0.15) is 162 Å². The van der Waals surface area contributed by atoms with Gasteiger partial charge in [0.15, 0.2) is 6.10 Å². The Labute approximate surface area is 348 Å². The van der Waals surface area contributed by atoms with Gasteiger partial charge < -0.3 is 14.2 Å². The molecule has 6 heteroatoms. The van der Waals surface area contributed by atoms with E-state index in [9.17, 15) is 14.4 Å². The third-order valence-corrected chi connectivity index (χ3v) is 8.63. The molecule has 0 saturated carbocycles. The second-order valence-corrected chi connectivity index (χ2v) is 14.0. The summed E-state index contributed by atoms with van der Waals surface area (Å²) in [6.07, 6.45) is 60.7. The smallest absolute Gasteiger partial charge is 0.309 e. The van der Waals surface area contributed by atoms with Gasteiger partial charge in [0.2, 0.25) is 0 Å². The van der Waals surface area contributed by atoms with Crippen molar-refractivity contribution in [2.75, 3.05) is 13.2 Å². The Morgan fingerprint density at radius 1 is 0.404 bits per heavy atom. The first-order valence-corrected chi connectivity index (χ1v) is 22.1. The van der Waals surface area contributed by atoms with Crippen molar-refractivity contribution in [1.29, 1.82) is 0 Å². The molecule has 6 nitrogen and oxygen atoms in total. The maximum atomic E-state index is 12.7. The van der Waals surface area contributed by atoms with Crippen LogP contribution in [0.3, 0.4) is 0 Å². The predicted molar refractivity (Wildman–Crippen MR) is 242 cm³/mol. The van der Waals surface area contributed by atoms with Crippen LogP contribution >= 0.6 is 0 Å². The average Bonchev–Trinajstić information content (AvgIpc) is 3.21. The number of allylic oxidation sites excluding steroid dienone is 19. The van der Waals surface area contributed by atoms with Crippen molar-refractivity contribution in [1.82, 2.24) is 0 Å². The van der Waals surface area contributed by atoms with Crippen molar-refractivity contribution in [3.8, 4) is 0 Å². The number of ether oxygens (including phenoxy) is 3. The van der Waals surface area contributed by atoms with Gasteiger partial charge >= 0.3 is 17.9 Å². The van der Waals surface area contributed by atoms with E-state index in [4.69, 9.17) is 14.2 Å². The molecule has 0 aromatic heterocycles. The molecule has 0 aliphatic carbocycles. The van der Waals surface area contributed by atoms with Crippen molar-refractivity contribution in [2.45, 2.75) is 168 Å². The Morgan fingerprint density at radius 3 is 1.42 bits per heavy atom. The lowest BCUT2D eigenvalue weighted by Gasteiger charge is -2.18. The molecule has 0 saturated heterocycles. The Kier molecular flexibility index (Phi) is 41.3. The number of hydrogen-bond acceptors (Lipinski definition) is 6. The quantitative estimate of drug-likeness (QED) is 0.0205. The molecule has 0 aromatic rings. The molecule has 0 heterocycles. The lowest BCUT2D eigenvalue weighted by Crippen LogP contribution is -2.30. The minimum Gasteiger partial charge on any atom is -0.462 e. The van der Waals surface area contributed by atoms with Crippen LogP contribution in [-0.4, -0.2) is 37.2 Å². The maximum absolute atomic E-state index is 12.7. The summed E-state index contributed by atoms with van der Waals surface area (Å²) < 4.78 is 16.5. The summed E-state index contributed by atoms with van der Waals surface area (Å²) in [5, 5.41) is 0. The molecule has 0 aliphatic rings. The highest BCUT2D eigenvalue weighted by Gasteiger charge is 2.19. The van der Waals surface area contributed by atoms with Gasteiger partial charge in [0, 0.05) is 12.8 Å². The standard InChI is InChI=1S/C51H78O6/c1-4-7-10-13-16-19-21-23-24-25-26-28-29-32-35-38-41-44-50(53)56-47-48(46-55-49(52)43-40-37-34-31-18-15-12-9-6-3)57-51(54)45-42-39-36-33-30-27-22-20-17-14-11-8-5-2/h7,9-10,12-13,16,18-19,21,23-31,37,40,48H,4-6,8,11,14-15,17,20,22,32-36,38-39,41-47H2,1-3H3/b10-7-,12-9-,16-13-,21-19-,24-23-,26-25+,29-28-,30-27-,31-18-,40-37-. The van der Waals surface area contributed by atoms with Gasteiger partial charge in [-0.25, -0.2) is 0 Å². The van der Waals surface area contributed by atoms with Crippen molar-refractivity contribution in [2.24, 2.45) is 0 Å². The van der Waals surface area contributed by atoms with Gasteiger partial charge in [0.05, 0.1) is 6.42 Å². The number of esters is 3. The second kappa shape index (κ2) is 44.5. The van der Waals surface area contributed by atoms with E-state index in [0.717, 1.165) is 77.0 Å². The third kappa shape index (κ3) is 42.8. The number of carbonyl (C=O) groups is 3. The van der Waals surface area contributed by atoms with Crippen molar-refractivity contribution < 1.29 is 28.6 Å². The highest BCUT2D eigenvalue weighted by molar-refractivity contribution is 5.72. The van der Waals surface area contributed by atoms with Crippen molar-refractivity contribution in [3.05, 3.63) is 122 Å². The van der Waals surface area contributed by atoms with E-state index in [0.29, 0.717) is 6.42 Å². The molecule has 0 radical (unpaired) electrons. The summed E-state index contributed by atoms with van der Waals surface area (Å²) in [5.41, 5.74) is 0. The van der Waals surface area contributed by atoms with Crippen molar-refractivity contribution >= 4 is 17.9 Å². The summed E-state index contributed by atoms with van der Waals surface area (Å²) in [5.74, 6) is -1.14. The first-order valence-electron chi connectivity index (χ1n) is 22.1. The number of rotatable bonds is 37. The molecule has 1 atom stereocenters. The number of hydrogen-bond donors (Lipinski definition) is 0. The molecule has 1 unspecified atom stereocenters. The van der Waals surface area contributed by atoms with Crippen molar-refractivity contribution in [3.63, 3.8) is 0 Å². The average molecular weight is 787 g/mol. The van der Waals surface area contributed by atoms with Crippen LogP contribution in [0, 0.1) is 0 Å². The lowest BCUT2D eigenvalue weighted by atomic mass is 10.1. The van der Waals surface area contributed by atoms with Gasteiger partial charge in [-0.1, -0.05) is 187 Å². The monoisotopic (exact) mass is 787 g/mol. The molecule has 0 N–H and O–H groups in total. The Bertz CT molecular complexity index is 1270. The van der Waals surface area contributed by atoms with E-state index in [1.165, 1.54) is 38.5 Å². The van der Waals surface area contributed by atoms with Gasteiger partial charge in [-0.2, -0.15) is 0 Å². The minimum atomic E-state index is -0.840. The first-order chi connectivity index (χ1) is 28.0. The van der Waals surface area contributed by atoms with Crippen LogP contribution in [0.4, 0.5) is 0 Å². The summed E-state index contributed by atoms with van der Waals surface area (Å²) in [6.45, 7) is 6.17. The Balaban J connectivity index is 4.57. The number of carbonyl (C=O) groups excluding carboxylic acids is 3. The summed E-state index contributed by atoms with van der Waals surface area (Å²) in [4.78, 5) is 37.6. The molecule has 0 rings (SSSR count). The molecular weight excluding hydrogens is 709 g/mol. The molecule has 0 bridgehead atoms. The lowest BCUT2D eigenvalue weighted by molar-refractivity contribution is -0.166. The second-order valence-electron chi connectivity index (χ2n) is 14.0. The molecule has 0 fully saturated rings. The minimum absolute atomic E-state index is 0.118. The molecule has 57 heavy (non-hydrogen) atoms. The fraction of sp³-hybridized carbons (Fsp3) is 0.549. The fourth-order valence-corrected chi connectivity index (χ4v) is 5.35. The van der Waals surface area contributed by atoms with E-state index in [2.05, 4.69) is 69.4 Å². The largest absolute Gasteiger partial charge is 0.462 e. The van der Waals surface area contributed by atoms with Crippen LogP contribution < -0.4 is 0 Å². The SMILES string of the molecule is CC\C=C/C=C\C=C/C=C\C=C\C=C/CCCCCC(=O)OCC(COC(=O)C/C=C\C/C=C\C/C=C\CC)OC(=O)CCCCC/C=C\CCCCCCCC. The zero-order chi connectivity index (χ0) is 41.5. The van der Waals surface area contributed by atoms with Crippen LogP contribution in [-0.2, 0) is 28.6 Å². The number of unbranched alkanes of at least 4 members (excludes halogenated alkanes) is 12. The van der Waals surface area contributed by atoms with Crippen LogP contribution in [0.25, 0.3) is 0 Å². The molecule has 318 valence electrons. The Hall–Kier alpha value is -4.19. The zero-order valence-electron chi connectivity index (χ0n) is 36.0. The normalized spacial score (nSPS) is 13.2. The van der Waals surface area contributed by atoms with Crippen LogP contribution in [0.5, 0.6) is 0 Å². The Morgan fingerprint density at radius 2 is 0.842 bits per heavy atom. The van der Waals surface area contributed by atoms with Crippen LogP contribution in [0.15, 0.2) is 122 Å². The molecule has 0 amide bonds. The van der Waals surface area contributed by atoms with E-state index in [1.807, 2.05) is 66.8 Å². The van der Waals surface area contributed by atoms with E-state index in [1.54, 1.807) is 6.08 Å². The highest BCUT2D eigenvalue weighted by atomic mass is 16.6. The van der Waals surface area contributed by atoms with E-state index < -0.39 is 12.1 Å². The zero-order valence-corrected chi connectivity index (χ0v) is 36.0. The first kappa shape index (κ1) is 52.8. The van der Waals surface area contributed by atoms with E-state index in [-0.39, 0.29) is 44.4 Å². The maximum Gasteiger partial charge on any atom is 0.309 e. The van der Waals surface area contributed by atoms with Gasteiger partial charge in [0.25, 0.3) is 0 Å². The van der Waals surface area contributed by atoms with Gasteiger partial charge in [-0.05, 0) is 77.0 Å². The predicted octanol–water partition coefficient (Wildman–Crippen LogP) is 14.2. The summed E-state index contributed by atoms with van der Waals surface area (Å²) in [6, 6.07) is 0. The third-order valence-electron chi connectivity index (χ3n) is 8.63. The molecule has 0 spiro atoms. The molecular formula is C51H78O6. The highest BCUT2D eigenvalue weighted by Crippen LogP contribution is 2.11. The summed E-state index contributed by atoms with van der Waals surface area (Å²) >= 11 is 0. The molecule has 0 aliphatic heterocycles. The van der Waals surface area contributed by atoms with Crippen LogP contribution in [0.2, 0.25) is 0 Å².